The number of thioether (sulfide) groups is 1. The van der Waals surface area contributed by atoms with Gasteiger partial charge in [-0.3, -0.25) is 5.10 Å². The molecule has 1 aliphatic heterocycles. The number of fused-ring (bicyclic) bond motifs is 1. The molecule has 0 spiro atoms. The Morgan fingerprint density at radius 2 is 2.00 bits per heavy atom. The van der Waals surface area contributed by atoms with Crippen LogP contribution < -0.4 is 10.5 Å². The van der Waals surface area contributed by atoms with Crippen molar-refractivity contribution in [2.24, 2.45) is 5.73 Å². The van der Waals surface area contributed by atoms with Crippen LogP contribution in [0.2, 0.25) is 0 Å². The molecule has 3 N–H and O–H groups in total. The van der Waals surface area contributed by atoms with Crippen molar-refractivity contribution < 1.29 is 14.3 Å². The predicted molar refractivity (Wildman–Crippen MR) is 106 cm³/mol. The maximum absolute atomic E-state index is 12.7. The molecule has 27 heavy (non-hydrogen) atoms. The lowest BCUT2D eigenvalue weighted by Crippen LogP contribution is -2.29. The molecule has 1 aromatic carbocycles. The molecule has 0 amide bonds. The highest BCUT2D eigenvalue weighted by Crippen LogP contribution is 2.46. The highest BCUT2D eigenvalue weighted by molar-refractivity contribution is 7.98. The van der Waals surface area contributed by atoms with E-state index < -0.39 is 11.9 Å². The van der Waals surface area contributed by atoms with E-state index in [4.69, 9.17) is 15.2 Å². The number of benzene rings is 1. The van der Waals surface area contributed by atoms with Gasteiger partial charge in [-0.05, 0) is 30.9 Å². The lowest BCUT2D eigenvalue weighted by Gasteiger charge is -2.29. The van der Waals surface area contributed by atoms with Crippen LogP contribution in [0.1, 0.15) is 50.4 Å². The first kappa shape index (κ1) is 19.4. The molecule has 6 nitrogen and oxygen atoms in total. The number of rotatable bonds is 4. The molecule has 0 fully saturated rings. The summed E-state index contributed by atoms with van der Waals surface area (Å²) in [6.07, 6.45) is 2.03. The Balaban J connectivity index is 2.22. The van der Waals surface area contributed by atoms with Crippen LogP contribution in [0.5, 0.6) is 5.88 Å². The number of nitrogens with one attached hydrogen (secondary N) is 1. The summed E-state index contributed by atoms with van der Waals surface area (Å²) in [7, 11) is 0. The number of nitrogens with zero attached hydrogens (tertiary/aromatic N) is 1. The van der Waals surface area contributed by atoms with Crippen molar-refractivity contribution in [3.63, 3.8) is 0 Å². The molecule has 3 rings (SSSR count). The molecule has 0 bridgehead atoms. The molecule has 1 unspecified atom stereocenters. The third kappa shape index (κ3) is 3.56. The number of carbonyl (C=O) groups excluding carboxylic acids is 1. The average Bonchev–Trinajstić information content (AvgIpc) is 3.04. The van der Waals surface area contributed by atoms with Gasteiger partial charge in [-0.15, -0.1) is 16.9 Å². The van der Waals surface area contributed by atoms with Gasteiger partial charge in [-0.1, -0.05) is 32.9 Å². The van der Waals surface area contributed by atoms with Crippen molar-refractivity contribution in [1.29, 1.82) is 0 Å². The van der Waals surface area contributed by atoms with Gasteiger partial charge >= 0.3 is 5.97 Å². The Hall–Kier alpha value is -2.41. The van der Waals surface area contributed by atoms with Crippen molar-refractivity contribution >= 4 is 17.7 Å². The minimum absolute atomic E-state index is 0.0341. The lowest BCUT2D eigenvalue weighted by molar-refractivity contribution is -0.139. The van der Waals surface area contributed by atoms with Crippen LogP contribution in [0.15, 0.2) is 40.6 Å². The van der Waals surface area contributed by atoms with Gasteiger partial charge in [0.05, 0.1) is 18.1 Å². The summed E-state index contributed by atoms with van der Waals surface area (Å²) in [5, 5.41) is 7.38. The largest absolute Gasteiger partial charge is 0.462 e. The Morgan fingerprint density at radius 3 is 2.56 bits per heavy atom. The van der Waals surface area contributed by atoms with E-state index in [0.29, 0.717) is 11.5 Å². The topological polar surface area (TPSA) is 90.2 Å². The monoisotopic (exact) mass is 387 g/mol. The number of esters is 1. The molecule has 1 aliphatic rings. The van der Waals surface area contributed by atoms with Crippen molar-refractivity contribution in [3.05, 3.63) is 52.5 Å². The number of carbonyl (C=O) groups is 1. The number of nitrogens with two attached hydrogens (primary N) is 1. The molecular formula is C20H25N3O3S. The number of hydrogen-bond donors (Lipinski definition) is 2. The van der Waals surface area contributed by atoms with Crippen LogP contribution in [0, 0.1) is 0 Å². The Morgan fingerprint density at radius 1 is 1.33 bits per heavy atom. The van der Waals surface area contributed by atoms with Gasteiger partial charge in [0.15, 0.2) is 0 Å². The maximum Gasteiger partial charge on any atom is 0.340 e. The van der Waals surface area contributed by atoms with Gasteiger partial charge in [-0.2, -0.15) is 0 Å². The molecule has 0 radical (unpaired) electrons. The van der Waals surface area contributed by atoms with Crippen LogP contribution in [0.3, 0.4) is 0 Å². The molecule has 2 aromatic rings. The molecule has 144 valence electrons. The highest BCUT2D eigenvalue weighted by atomic mass is 32.2. The normalized spacial score (nSPS) is 16.7. The quantitative estimate of drug-likeness (QED) is 0.614. The summed E-state index contributed by atoms with van der Waals surface area (Å²) in [5.41, 5.74) is 8.90. The standard InChI is InChI=1S/C20H25N3O3S/c1-6-25-19(24)15-13(11-7-9-12(27-5)10-8-11)14-16(20(2,3)4)22-23-18(14)26-17(15)21/h7-10,13H,6,21H2,1-5H3,(H,22,23). The van der Waals surface area contributed by atoms with E-state index in [2.05, 4.69) is 31.0 Å². The van der Waals surface area contributed by atoms with Crippen LogP contribution in [-0.2, 0) is 14.9 Å². The van der Waals surface area contributed by atoms with Gasteiger partial charge in [0, 0.05) is 16.0 Å². The second-order valence-electron chi connectivity index (χ2n) is 7.37. The zero-order valence-electron chi connectivity index (χ0n) is 16.3. The van der Waals surface area contributed by atoms with Gasteiger partial charge in [-0.25, -0.2) is 4.79 Å². The second kappa shape index (κ2) is 7.31. The zero-order valence-corrected chi connectivity index (χ0v) is 17.1. The van der Waals surface area contributed by atoms with E-state index >= 15 is 0 Å². The van der Waals surface area contributed by atoms with Gasteiger partial charge < -0.3 is 15.2 Å². The fourth-order valence-electron chi connectivity index (χ4n) is 3.25. The van der Waals surface area contributed by atoms with Crippen molar-refractivity contribution in [2.45, 2.75) is 43.9 Å². The van der Waals surface area contributed by atoms with Crippen LogP contribution in [-0.4, -0.2) is 29.0 Å². The smallest absolute Gasteiger partial charge is 0.340 e. The number of H-pyrrole nitrogens is 1. The first-order valence-electron chi connectivity index (χ1n) is 8.85. The first-order chi connectivity index (χ1) is 12.8. The third-order valence-corrected chi connectivity index (χ3v) is 5.26. The molecule has 0 saturated heterocycles. The number of ether oxygens (including phenoxy) is 2. The molecule has 0 aliphatic carbocycles. The molecule has 7 heteroatoms. The molecule has 1 aromatic heterocycles. The first-order valence-corrected chi connectivity index (χ1v) is 10.1. The third-order valence-electron chi connectivity index (χ3n) is 4.51. The summed E-state index contributed by atoms with van der Waals surface area (Å²) in [6, 6.07) is 8.09. The van der Waals surface area contributed by atoms with Crippen molar-refractivity contribution in [3.8, 4) is 5.88 Å². The Labute approximate surface area is 163 Å². The molecule has 0 saturated carbocycles. The fraction of sp³-hybridized carbons (Fsp3) is 0.400. The Bertz CT molecular complexity index is 879. The molecular weight excluding hydrogens is 362 g/mol. The highest BCUT2D eigenvalue weighted by Gasteiger charge is 2.41. The van der Waals surface area contributed by atoms with E-state index in [1.54, 1.807) is 18.7 Å². The van der Waals surface area contributed by atoms with Crippen LogP contribution >= 0.6 is 11.8 Å². The van der Waals surface area contributed by atoms with Gasteiger partial charge in [0.2, 0.25) is 11.8 Å². The van der Waals surface area contributed by atoms with E-state index in [-0.39, 0.29) is 17.9 Å². The van der Waals surface area contributed by atoms with Gasteiger partial charge in [0.1, 0.15) is 5.57 Å². The van der Waals surface area contributed by atoms with Crippen molar-refractivity contribution in [2.75, 3.05) is 12.9 Å². The summed E-state index contributed by atoms with van der Waals surface area (Å²) >= 11 is 1.66. The zero-order chi connectivity index (χ0) is 19.8. The number of aromatic nitrogens is 2. The summed E-state index contributed by atoms with van der Waals surface area (Å²) < 4.78 is 11.0. The van der Waals surface area contributed by atoms with Gasteiger partial charge in [0.25, 0.3) is 0 Å². The average molecular weight is 388 g/mol. The molecule has 2 heterocycles. The summed E-state index contributed by atoms with van der Waals surface area (Å²) in [5.74, 6) is -0.436. The minimum atomic E-state index is -0.472. The van der Waals surface area contributed by atoms with E-state index in [1.165, 1.54) is 0 Å². The van der Waals surface area contributed by atoms with E-state index in [9.17, 15) is 4.79 Å². The van der Waals surface area contributed by atoms with Crippen LogP contribution in [0.4, 0.5) is 0 Å². The maximum atomic E-state index is 12.7. The molecule has 1 atom stereocenters. The van der Waals surface area contributed by atoms with Crippen LogP contribution in [0.25, 0.3) is 0 Å². The predicted octanol–water partition coefficient (Wildman–Crippen LogP) is 3.69. The Kier molecular flexibility index (Phi) is 5.24. The number of aromatic amines is 1. The van der Waals surface area contributed by atoms with Crippen molar-refractivity contribution in [1.82, 2.24) is 10.2 Å². The summed E-state index contributed by atoms with van der Waals surface area (Å²) in [4.78, 5) is 13.9. The van der Waals surface area contributed by atoms with E-state index in [1.807, 2.05) is 30.5 Å². The summed E-state index contributed by atoms with van der Waals surface area (Å²) in [6.45, 7) is 8.28. The lowest BCUT2D eigenvalue weighted by atomic mass is 9.78. The number of hydrogen-bond acceptors (Lipinski definition) is 6. The fourth-order valence-corrected chi connectivity index (χ4v) is 3.66. The minimum Gasteiger partial charge on any atom is -0.462 e. The second-order valence-corrected chi connectivity index (χ2v) is 8.25. The SMILES string of the molecule is CCOC(=O)C1=C(N)Oc2n[nH]c(C(C)(C)C)c2C1c1ccc(SC)cc1. The van der Waals surface area contributed by atoms with E-state index in [0.717, 1.165) is 21.7 Å².